The molecule has 0 fully saturated rings. The van der Waals surface area contributed by atoms with Crippen molar-refractivity contribution in [1.82, 2.24) is 25.2 Å². The topological polar surface area (TPSA) is 88.4 Å². The van der Waals surface area contributed by atoms with Crippen molar-refractivity contribution in [1.29, 1.82) is 0 Å². The van der Waals surface area contributed by atoms with Gasteiger partial charge in [0.1, 0.15) is 6.33 Å². The van der Waals surface area contributed by atoms with Gasteiger partial charge in [-0.2, -0.15) is 0 Å². The lowest BCUT2D eigenvalue weighted by Crippen LogP contribution is -2.32. The lowest BCUT2D eigenvalue weighted by molar-refractivity contribution is 0.0936. The standard InChI is InChI=1S/C19H21N5O2/c1-3-13(2)22-19(26)15-6-4-5-14(9-15)10-20-18(25)16-7-8-17-23-21-12-24(17)11-16/h4-9,11-13H,3,10H2,1-2H3,(H,20,25)(H,22,26). The van der Waals surface area contributed by atoms with Gasteiger partial charge >= 0.3 is 0 Å². The van der Waals surface area contributed by atoms with E-state index in [0.717, 1.165) is 12.0 Å². The van der Waals surface area contributed by atoms with Gasteiger partial charge in [0, 0.05) is 24.3 Å². The Hall–Kier alpha value is -3.22. The fraction of sp³-hybridized carbons (Fsp3) is 0.263. The molecule has 0 saturated heterocycles. The van der Waals surface area contributed by atoms with E-state index in [2.05, 4.69) is 20.8 Å². The molecule has 2 heterocycles. The normalized spacial score (nSPS) is 11.9. The van der Waals surface area contributed by atoms with Crippen molar-refractivity contribution in [2.24, 2.45) is 0 Å². The highest BCUT2D eigenvalue weighted by atomic mass is 16.2. The molecule has 2 amide bonds. The van der Waals surface area contributed by atoms with E-state index in [-0.39, 0.29) is 17.9 Å². The predicted octanol–water partition coefficient (Wildman–Crippen LogP) is 2.19. The molecule has 1 unspecified atom stereocenters. The first-order valence-corrected chi connectivity index (χ1v) is 8.54. The lowest BCUT2D eigenvalue weighted by atomic mass is 10.1. The highest BCUT2D eigenvalue weighted by molar-refractivity contribution is 5.95. The van der Waals surface area contributed by atoms with Crippen LogP contribution in [0.4, 0.5) is 0 Å². The molecule has 0 aliphatic rings. The van der Waals surface area contributed by atoms with Crippen LogP contribution in [0, 0.1) is 0 Å². The van der Waals surface area contributed by atoms with E-state index in [1.54, 1.807) is 41.2 Å². The summed E-state index contributed by atoms with van der Waals surface area (Å²) in [6.45, 7) is 4.33. The predicted molar refractivity (Wildman–Crippen MR) is 97.8 cm³/mol. The van der Waals surface area contributed by atoms with Gasteiger partial charge in [-0.3, -0.25) is 14.0 Å². The number of amides is 2. The molecule has 0 spiro atoms. The minimum absolute atomic E-state index is 0.106. The van der Waals surface area contributed by atoms with Crippen LogP contribution < -0.4 is 10.6 Å². The maximum Gasteiger partial charge on any atom is 0.253 e. The molecule has 0 aliphatic heterocycles. The molecule has 1 atom stereocenters. The Morgan fingerprint density at radius 2 is 2.00 bits per heavy atom. The van der Waals surface area contributed by atoms with Gasteiger partial charge in [0.15, 0.2) is 5.65 Å². The zero-order valence-electron chi connectivity index (χ0n) is 14.8. The molecule has 1 aromatic carbocycles. The number of carbonyl (C=O) groups is 2. The van der Waals surface area contributed by atoms with E-state index in [1.807, 2.05) is 26.0 Å². The van der Waals surface area contributed by atoms with Gasteiger partial charge in [0.2, 0.25) is 0 Å². The van der Waals surface area contributed by atoms with Gasteiger partial charge in [-0.05, 0) is 43.2 Å². The van der Waals surface area contributed by atoms with Gasteiger partial charge in [0.25, 0.3) is 11.8 Å². The molecule has 7 heteroatoms. The van der Waals surface area contributed by atoms with E-state index < -0.39 is 0 Å². The lowest BCUT2D eigenvalue weighted by Gasteiger charge is -2.12. The Labute approximate surface area is 151 Å². The molecule has 2 N–H and O–H groups in total. The number of nitrogens with one attached hydrogen (secondary N) is 2. The Balaban J connectivity index is 1.64. The maximum absolute atomic E-state index is 12.3. The van der Waals surface area contributed by atoms with Gasteiger partial charge in [-0.1, -0.05) is 19.1 Å². The van der Waals surface area contributed by atoms with E-state index in [0.29, 0.717) is 23.3 Å². The van der Waals surface area contributed by atoms with Crippen LogP contribution >= 0.6 is 0 Å². The third kappa shape index (κ3) is 4.05. The molecule has 0 radical (unpaired) electrons. The summed E-state index contributed by atoms with van der Waals surface area (Å²) in [4.78, 5) is 24.6. The number of fused-ring (bicyclic) bond motifs is 1. The van der Waals surface area contributed by atoms with Gasteiger partial charge in [-0.25, -0.2) is 0 Å². The summed E-state index contributed by atoms with van der Waals surface area (Å²) >= 11 is 0. The molecule has 134 valence electrons. The molecule has 0 saturated carbocycles. The second-order valence-corrected chi connectivity index (χ2v) is 6.18. The van der Waals surface area contributed by atoms with Gasteiger partial charge in [-0.15, -0.1) is 10.2 Å². The quantitative estimate of drug-likeness (QED) is 0.712. The van der Waals surface area contributed by atoms with Crippen LogP contribution in [0.5, 0.6) is 0 Å². The highest BCUT2D eigenvalue weighted by Gasteiger charge is 2.10. The Bertz CT molecular complexity index is 934. The smallest absolute Gasteiger partial charge is 0.253 e. The number of aromatic nitrogens is 3. The first-order valence-electron chi connectivity index (χ1n) is 8.54. The van der Waals surface area contributed by atoms with Gasteiger partial charge in [0.05, 0.1) is 5.56 Å². The number of nitrogens with zero attached hydrogens (tertiary/aromatic N) is 3. The molecule has 7 nitrogen and oxygen atoms in total. The average molecular weight is 351 g/mol. The second kappa shape index (κ2) is 7.77. The third-order valence-electron chi connectivity index (χ3n) is 4.19. The van der Waals surface area contributed by atoms with Crippen molar-refractivity contribution in [3.05, 3.63) is 65.6 Å². The molecule has 3 aromatic rings. The van der Waals surface area contributed by atoms with Crippen molar-refractivity contribution >= 4 is 17.5 Å². The number of benzene rings is 1. The number of hydrogen-bond donors (Lipinski definition) is 2. The Morgan fingerprint density at radius 1 is 1.15 bits per heavy atom. The minimum atomic E-state index is -0.199. The van der Waals surface area contributed by atoms with E-state index in [1.165, 1.54) is 0 Å². The largest absolute Gasteiger partial charge is 0.350 e. The number of pyridine rings is 1. The summed E-state index contributed by atoms with van der Waals surface area (Å²) in [6.07, 6.45) is 4.10. The summed E-state index contributed by atoms with van der Waals surface area (Å²) in [5.41, 5.74) is 2.65. The van der Waals surface area contributed by atoms with E-state index >= 15 is 0 Å². The zero-order chi connectivity index (χ0) is 18.5. The molecule has 3 rings (SSSR count). The number of hydrogen-bond acceptors (Lipinski definition) is 4. The number of carbonyl (C=O) groups excluding carboxylic acids is 2. The maximum atomic E-state index is 12.3. The zero-order valence-corrected chi connectivity index (χ0v) is 14.8. The van der Waals surface area contributed by atoms with Crippen LogP contribution in [0.3, 0.4) is 0 Å². The first kappa shape index (κ1) is 17.6. The fourth-order valence-electron chi connectivity index (χ4n) is 2.48. The third-order valence-corrected chi connectivity index (χ3v) is 4.19. The molecule has 26 heavy (non-hydrogen) atoms. The minimum Gasteiger partial charge on any atom is -0.350 e. The molecule has 0 bridgehead atoms. The monoisotopic (exact) mass is 351 g/mol. The van der Waals surface area contributed by atoms with Crippen LogP contribution in [-0.4, -0.2) is 32.5 Å². The molecule has 0 aliphatic carbocycles. The average Bonchev–Trinajstić information content (AvgIpc) is 3.13. The highest BCUT2D eigenvalue weighted by Crippen LogP contribution is 2.08. The van der Waals surface area contributed by atoms with Crippen LogP contribution in [0.2, 0.25) is 0 Å². The molecular weight excluding hydrogens is 330 g/mol. The van der Waals surface area contributed by atoms with Gasteiger partial charge < -0.3 is 10.6 Å². The molecule has 2 aromatic heterocycles. The molecular formula is C19H21N5O2. The summed E-state index contributed by atoms with van der Waals surface area (Å²) < 4.78 is 1.69. The van der Waals surface area contributed by atoms with Crippen LogP contribution in [0.1, 0.15) is 46.5 Å². The van der Waals surface area contributed by atoms with Crippen molar-refractivity contribution in [3.63, 3.8) is 0 Å². The SMILES string of the molecule is CCC(C)NC(=O)c1cccc(CNC(=O)c2ccc3nncn3c2)c1. The van der Waals surface area contributed by atoms with Crippen molar-refractivity contribution in [2.75, 3.05) is 0 Å². The summed E-state index contributed by atoms with van der Waals surface area (Å²) in [7, 11) is 0. The van der Waals surface area contributed by atoms with Crippen molar-refractivity contribution in [2.45, 2.75) is 32.9 Å². The first-order chi connectivity index (χ1) is 12.6. The Morgan fingerprint density at radius 3 is 2.81 bits per heavy atom. The van der Waals surface area contributed by atoms with Crippen LogP contribution in [0.25, 0.3) is 5.65 Å². The fourth-order valence-corrected chi connectivity index (χ4v) is 2.48. The van der Waals surface area contributed by atoms with E-state index in [4.69, 9.17) is 0 Å². The number of rotatable bonds is 6. The van der Waals surface area contributed by atoms with Crippen LogP contribution in [0.15, 0.2) is 48.9 Å². The van der Waals surface area contributed by atoms with Crippen LogP contribution in [-0.2, 0) is 6.54 Å². The summed E-state index contributed by atoms with van der Waals surface area (Å²) in [5, 5.41) is 13.5. The van der Waals surface area contributed by atoms with Crippen molar-refractivity contribution in [3.8, 4) is 0 Å². The Kier molecular flexibility index (Phi) is 5.26. The van der Waals surface area contributed by atoms with E-state index in [9.17, 15) is 9.59 Å². The summed E-state index contributed by atoms with van der Waals surface area (Å²) in [5.74, 6) is -0.305. The summed E-state index contributed by atoms with van der Waals surface area (Å²) in [6, 6.07) is 10.8. The second-order valence-electron chi connectivity index (χ2n) is 6.18. The van der Waals surface area contributed by atoms with Crippen molar-refractivity contribution < 1.29 is 9.59 Å².